The van der Waals surface area contributed by atoms with Crippen molar-refractivity contribution in [3.63, 3.8) is 0 Å². The fourth-order valence-electron chi connectivity index (χ4n) is 15.4. The van der Waals surface area contributed by atoms with Gasteiger partial charge in [0.25, 0.3) is 6.71 Å². The van der Waals surface area contributed by atoms with Crippen molar-refractivity contribution in [1.82, 2.24) is 4.57 Å². The van der Waals surface area contributed by atoms with Gasteiger partial charge < -0.3 is 9.47 Å². The summed E-state index contributed by atoms with van der Waals surface area (Å²) in [5, 5.41) is 10.3. The van der Waals surface area contributed by atoms with Gasteiger partial charge in [-0.2, -0.15) is 0 Å². The average molecular weight is 1140 g/mol. The van der Waals surface area contributed by atoms with E-state index in [0.29, 0.717) is 0 Å². The molecule has 422 valence electrons. The molecular formula is C86H65BN2. The number of rotatable bonds is 7. The molecule has 0 radical (unpaired) electrons. The van der Waals surface area contributed by atoms with Gasteiger partial charge in [-0.25, -0.2) is 0 Å². The molecule has 0 N–H and O–H groups in total. The molecule has 0 unspecified atom stereocenters. The van der Waals surface area contributed by atoms with Crippen LogP contribution in [0.5, 0.6) is 0 Å². The summed E-state index contributed by atoms with van der Waals surface area (Å²) in [7, 11) is 0. The molecule has 2 aliphatic rings. The Bertz CT molecular complexity index is 5240. The van der Waals surface area contributed by atoms with E-state index in [1.165, 1.54) is 132 Å². The van der Waals surface area contributed by atoms with Crippen LogP contribution in [0.1, 0.15) is 52.7 Å². The minimum Gasteiger partial charge on any atom is -0.311 e. The van der Waals surface area contributed by atoms with Gasteiger partial charge in [0.2, 0.25) is 0 Å². The van der Waals surface area contributed by atoms with Gasteiger partial charge in [0.1, 0.15) is 0 Å². The molecule has 0 atom stereocenters. The molecule has 1 aromatic heterocycles. The second-order valence-electron chi connectivity index (χ2n) is 26.7. The van der Waals surface area contributed by atoms with Crippen LogP contribution in [-0.2, 0) is 10.8 Å². The van der Waals surface area contributed by atoms with Gasteiger partial charge in [0.05, 0.1) is 11.0 Å². The first-order valence-electron chi connectivity index (χ1n) is 31.5. The van der Waals surface area contributed by atoms with Crippen molar-refractivity contribution in [2.24, 2.45) is 0 Å². The molecule has 3 heteroatoms. The maximum atomic E-state index is 2.70. The predicted octanol–water partition coefficient (Wildman–Crippen LogP) is 21.5. The smallest absolute Gasteiger partial charge is 0.252 e. The van der Waals surface area contributed by atoms with Crippen molar-refractivity contribution in [2.45, 2.75) is 52.4 Å². The summed E-state index contributed by atoms with van der Waals surface area (Å²) in [4.78, 5) is 2.63. The highest BCUT2D eigenvalue weighted by Crippen LogP contribution is 2.57. The molecule has 0 spiro atoms. The van der Waals surface area contributed by atoms with E-state index in [2.05, 4.69) is 336 Å². The Morgan fingerprint density at radius 3 is 1.16 bits per heavy atom. The van der Waals surface area contributed by atoms with Gasteiger partial charge in [-0.1, -0.05) is 290 Å². The molecule has 14 aromatic carbocycles. The predicted molar refractivity (Wildman–Crippen MR) is 383 cm³/mol. The Labute approximate surface area is 521 Å². The monoisotopic (exact) mass is 1140 g/mol. The van der Waals surface area contributed by atoms with Crippen LogP contribution < -0.4 is 21.3 Å². The quantitative estimate of drug-likeness (QED) is 0.114. The maximum Gasteiger partial charge on any atom is 0.252 e. The van der Waals surface area contributed by atoms with Crippen molar-refractivity contribution < 1.29 is 0 Å². The Morgan fingerprint density at radius 1 is 0.281 bits per heavy atom. The summed E-state index contributed by atoms with van der Waals surface area (Å²) in [6, 6.07) is 108. The third-order valence-electron chi connectivity index (χ3n) is 19.4. The lowest BCUT2D eigenvalue weighted by molar-refractivity contribution is 0.590. The molecule has 0 aliphatic carbocycles. The zero-order chi connectivity index (χ0) is 59.9. The van der Waals surface area contributed by atoms with Crippen molar-refractivity contribution in [3.05, 3.63) is 296 Å². The lowest BCUT2D eigenvalue weighted by Crippen LogP contribution is -2.60. The molecule has 17 rings (SSSR count). The van der Waals surface area contributed by atoms with Crippen LogP contribution in [0.3, 0.4) is 0 Å². The molecule has 3 heterocycles. The fraction of sp³-hybridized carbons (Fsp3) is 0.0930. The summed E-state index contributed by atoms with van der Waals surface area (Å²) in [6.07, 6.45) is 0. The molecule has 15 aromatic rings. The second kappa shape index (κ2) is 20.0. The van der Waals surface area contributed by atoms with E-state index in [0.717, 1.165) is 39.1 Å². The Hall–Kier alpha value is -10.5. The van der Waals surface area contributed by atoms with Crippen LogP contribution in [0, 0.1) is 0 Å². The van der Waals surface area contributed by atoms with Crippen LogP contribution in [0.15, 0.2) is 285 Å². The van der Waals surface area contributed by atoms with Crippen molar-refractivity contribution in [2.75, 3.05) is 4.90 Å². The highest BCUT2D eigenvalue weighted by atomic mass is 15.2. The van der Waals surface area contributed by atoms with Crippen LogP contribution in [0.4, 0.5) is 17.1 Å². The topological polar surface area (TPSA) is 8.17 Å². The Kier molecular flexibility index (Phi) is 11.9. The zero-order valence-electron chi connectivity index (χ0n) is 51.1. The third kappa shape index (κ3) is 8.11. The number of benzene rings is 14. The number of nitrogens with zero attached hydrogens (tertiary/aromatic N) is 2. The van der Waals surface area contributed by atoms with Crippen LogP contribution in [-0.4, -0.2) is 11.3 Å². The van der Waals surface area contributed by atoms with Gasteiger partial charge in [0, 0.05) is 38.9 Å². The molecule has 0 saturated heterocycles. The van der Waals surface area contributed by atoms with Gasteiger partial charge in [-0.15, -0.1) is 0 Å². The molecular weight excluding hydrogens is 1070 g/mol. The third-order valence-corrected chi connectivity index (χ3v) is 19.4. The van der Waals surface area contributed by atoms with E-state index < -0.39 is 0 Å². The number of anilines is 3. The van der Waals surface area contributed by atoms with Crippen LogP contribution >= 0.6 is 0 Å². The van der Waals surface area contributed by atoms with Gasteiger partial charge in [-0.05, 0) is 168 Å². The first-order valence-corrected chi connectivity index (χ1v) is 31.5. The zero-order valence-corrected chi connectivity index (χ0v) is 51.1. The highest BCUT2D eigenvalue weighted by molar-refractivity contribution is 7.00. The van der Waals surface area contributed by atoms with Crippen molar-refractivity contribution in [3.8, 4) is 72.4 Å². The molecule has 89 heavy (non-hydrogen) atoms. The highest BCUT2D eigenvalue weighted by Gasteiger charge is 2.44. The molecule has 2 nitrogen and oxygen atoms in total. The number of hydrogen-bond acceptors (Lipinski definition) is 1. The minimum absolute atomic E-state index is 0.0343. The lowest BCUT2D eigenvalue weighted by Gasteiger charge is -2.42. The van der Waals surface area contributed by atoms with E-state index in [9.17, 15) is 0 Å². The van der Waals surface area contributed by atoms with Gasteiger partial charge in [-0.3, -0.25) is 0 Å². The first kappa shape index (κ1) is 52.8. The standard InChI is InChI=1S/C86H65BN2/c1-85(2,3)60-44-47-62(48-45-60)88-72-49-46-61(86(4,5)6)52-69(72)87-70-53-68-65-40-23-22-38-63(65)64-39-24-25-41-66(64)81(68)82-67-42-26-27-43-71(67)89(84(70)82)74-51-59(50-73(88)83(74)87)80-78(57-34-18-10-19-35-57)76(55-30-14-8-15-31-55)75(54-28-12-7-13-29-54)77(56-32-16-9-17-33-56)79(80)58-36-20-11-21-37-58/h7-53H,1-6H3. The fourth-order valence-corrected chi connectivity index (χ4v) is 15.4. The van der Waals surface area contributed by atoms with E-state index in [1.54, 1.807) is 0 Å². The largest absolute Gasteiger partial charge is 0.311 e. The molecule has 2 aliphatic heterocycles. The summed E-state index contributed by atoms with van der Waals surface area (Å²) < 4.78 is 2.70. The number of fused-ring (bicyclic) bond motifs is 14. The van der Waals surface area contributed by atoms with E-state index in [1.807, 2.05) is 0 Å². The molecule has 0 saturated carbocycles. The van der Waals surface area contributed by atoms with E-state index >= 15 is 0 Å². The van der Waals surface area contributed by atoms with Crippen LogP contribution in [0.2, 0.25) is 0 Å². The number of aromatic nitrogens is 1. The average Bonchev–Trinajstić information content (AvgIpc) is 1.64. The van der Waals surface area contributed by atoms with Gasteiger partial charge >= 0.3 is 0 Å². The lowest BCUT2D eigenvalue weighted by atomic mass is 9.33. The minimum atomic E-state index is -0.132. The maximum absolute atomic E-state index is 2.70. The summed E-state index contributed by atoms with van der Waals surface area (Å²) in [5.74, 6) is 0. The molecule has 0 bridgehead atoms. The normalized spacial score (nSPS) is 12.8. The summed E-state index contributed by atoms with van der Waals surface area (Å²) in [5.41, 5.74) is 27.7. The summed E-state index contributed by atoms with van der Waals surface area (Å²) >= 11 is 0. The summed E-state index contributed by atoms with van der Waals surface area (Å²) in [6.45, 7) is 13.9. The Balaban J connectivity index is 1.13. The van der Waals surface area contributed by atoms with Crippen molar-refractivity contribution >= 4 is 94.3 Å². The molecule has 0 amide bonds. The SMILES string of the molecule is CC(C)(C)c1ccc(N2c3ccc(C(C)(C)C)cc3B3c4c2cc(-c2c(-c5ccccc5)c(-c5ccccc5)c(-c5ccccc5)c(-c5ccccc5)c2-c2ccccc2)cc4-n2c4ccccc4c4c5c6ccccc6c6ccccc6c5cc3c42)cc1. The van der Waals surface area contributed by atoms with Crippen molar-refractivity contribution in [1.29, 1.82) is 0 Å². The van der Waals surface area contributed by atoms with E-state index in [-0.39, 0.29) is 17.5 Å². The number of hydrogen-bond donors (Lipinski definition) is 0. The molecule has 0 fully saturated rings. The Morgan fingerprint density at radius 2 is 0.674 bits per heavy atom. The van der Waals surface area contributed by atoms with Gasteiger partial charge in [0.15, 0.2) is 0 Å². The van der Waals surface area contributed by atoms with E-state index in [4.69, 9.17) is 0 Å². The number of para-hydroxylation sites is 1. The first-order chi connectivity index (χ1) is 43.5. The van der Waals surface area contributed by atoms with Crippen LogP contribution in [0.25, 0.3) is 127 Å². The second-order valence-corrected chi connectivity index (χ2v) is 26.7.